The van der Waals surface area contributed by atoms with Crippen LogP contribution in [0, 0.1) is 17.8 Å². The standard InChI is InChI=1S/C84H160O17P2/c1-8-9-10-11-12-13-14-15-21-29-34-39-44-53-60-68-84(89)101-80(72-95-82(87)66-59-52-47-46-50-57-64-77(6)7)74-99-103(92,93)97-70-78(85)69-96-102(90,91)98-73-79(100-83(88)67-61-54-45-40-35-30-25-20-23-27-32-37-42-49-56-63-76(4)5)71-94-81(86)65-58-51-43-38-33-28-24-19-17-16-18-22-26-31-36-41-48-55-62-75(2)3/h13-15,21,75-80,85H,8-12,16-20,22-74H2,1-7H3,(H,90,91)(H,92,93)/b14-13-,21-15-/t78-,79-,80-/m1/s1. The molecule has 0 saturated heterocycles. The molecule has 608 valence electrons. The van der Waals surface area contributed by atoms with Crippen molar-refractivity contribution in [3.8, 4) is 0 Å². The molecule has 103 heavy (non-hydrogen) atoms. The van der Waals surface area contributed by atoms with E-state index in [9.17, 15) is 43.2 Å². The van der Waals surface area contributed by atoms with E-state index in [0.29, 0.717) is 31.6 Å². The van der Waals surface area contributed by atoms with Gasteiger partial charge in [-0.1, -0.05) is 362 Å². The van der Waals surface area contributed by atoms with Gasteiger partial charge in [-0.15, -0.1) is 0 Å². The fraction of sp³-hybridized carbons (Fsp3) is 0.905. The number of hydrogen-bond donors (Lipinski definition) is 3. The summed E-state index contributed by atoms with van der Waals surface area (Å²) in [5.41, 5.74) is 0. The topological polar surface area (TPSA) is 237 Å². The third-order valence-electron chi connectivity index (χ3n) is 19.0. The van der Waals surface area contributed by atoms with Crippen molar-refractivity contribution >= 4 is 39.5 Å². The third kappa shape index (κ3) is 77.5. The van der Waals surface area contributed by atoms with Crippen LogP contribution in [-0.2, 0) is 65.4 Å². The Kier molecular flexibility index (Phi) is 71.9. The first-order chi connectivity index (χ1) is 49.7. The Labute approximate surface area is 631 Å². The van der Waals surface area contributed by atoms with Crippen LogP contribution in [0.4, 0.5) is 0 Å². The number of phosphoric acid groups is 2. The number of rotatable bonds is 80. The molecular formula is C84H160O17P2. The van der Waals surface area contributed by atoms with Gasteiger partial charge in [-0.3, -0.25) is 37.3 Å². The molecule has 19 heteroatoms. The Bertz CT molecular complexity index is 2090. The molecule has 2 unspecified atom stereocenters. The van der Waals surface area contributed by atoms with Crippen LogP contribution >= 0.6 is 15.6 Å². The molecule has 0 aliphatic carbocycles. The minimum Gasteiger partial charge on any atom is -0.462 e. The van der Waals surface area contributed by atoms with Gasteiger partial charge in [0.05, 0.1) is 26.4 Å². The van der Waals surface area contributed by atoms with Gasteiger partial charge < -0.3 is 33.8 Å². The number of carbonyl (C=O) groups is 4. The third-order valence-corrected chi connectivity index (χ3v) is 20.9. The van der Waals surface area contributed by atoms with Crippen LogP contribution < -0.4 is 0 Å². The molecule has 0 rings (SSSR count). The predicted octanol–water partition coefficient (Wildman–Crippen LogP) is 24.9. The zero-order chi connectivity index (χ0) is 75.8. The van der Waals surface area contributed by atoms with Gasteiger partial charge in [-0.05, 0) is 69.1 Å². The van der Waals surface area contributed by atoms with E-state index >= 15 is 0 Å². The van der Waals surface area contributed by atoms with Crippen molar-refractivity contribution in [2.45, 2.75) is 433 Å². The van der Waals surface area contributed by atoms with Crippen LogP contribution in [0.1, 0.15) is 414 Å². The molecule has 0 aromatic carbocycles. The Morgan fingerprint density at radius 2 is 0.524 bits per heavy atom. The smallest absolute Gasteiger partial charge is 0.462 e. The summed E-state index contributed by atoms with van der Waals surface area (Å²) in [6.07, 6.45) is 66.3. The Hall–Kier alpha value is -2.46. The van der Waals surface area contributed by atoms with Gasteiger partial charge in [0, 0.05) is 25.7 Å². The summed E-state index contributed by atoms with van der Waals surface area (Å²) in [5, 5.41) is 10.6. The van der Waals surface area contributed by atoms with E-state index in [-0.39, 0.29) is 25.7 Å². The highest BCUT2D eigenvalue weighted by atomic mass is 31.2. The lowest BCUT2D eigenvalue weighted by atomic mass is 10.0. The van der Waals surface area contributed by atoms with E-state index in [1.54, 1.807) is 0 Å². The number of aliphatic hydroxyl groups is 1. The molecule has 0 fully saturated rings. The summed E-state index contributed by atoms with van der Waals surface area (Å²) in [6, 6.07) is 0. The summed E-state index contributed by atoms with van der Waals surface area (Å²) in [5.74, 6) is 0.159. The van der Waals surface area contributed by atoms with E-state index < -0.39 is 97.5 Å². The highest BCUT2D eigenvalue weighted by Gasteiger charge is 2.30. The second-order valence-corrected chi connectivity index (χ2v) is 33.9. The maximum absolute atomic E-state index is 13.1. The van der Waals surface area contributed by atoms with Crippen molar-refractivity contribution in [1.29, 1.82) is 0 Å². The summed E-state index contributed by atoms with van der Waals surface area (Å²) in [7, 11) is -9.94. The van der Waals surface area contributed by atoms with Gasteiger partial charge in [0.15, 0.2) is 12.2 Å². The Morgan fingerprint density at radius 1 is 0.301 bits per heavy atom. The number of carbonyl (C=O) groups excluding carboxylic acids is 4. The van der Waals surface area contributed by atoms with Gasteiger partial charge >= 0.3 is 39.5 Å². The van der Waals surface area contributed by atoms with Crippen LogP contribution in [0.2, 0.25) is 0 Å². The van der Waals surface area contributed by atoms with Crippen molar-refractivity contribution in [2.24, 2.45) is 17.8 Å². The molecule has 0 aromatic heterocycles. The minimum absolute atomic E-state index is 0.0840. The van der Waals surface area contributed by atoms with Gasteiger partial charge in [0.1, 0.15) is 19.3 Å². The molecule has 0 amide bonds. The summed E-state index contributed by atoms with van der Waals surface area (Å²) in [6.45, 7) is 11.9. The molecule has 3 N–H and O–H groups in total. The van der Waals surface area contributed by atoms with Crippen LogP contribution in [0.5, 0.6) is 0 Å². The number of ether oxygens (including phenoxy) is 4. The van der Waals surface area contributed by atoms with Crippen LogP contribution in [-0.4, -0.2) is 96.7 Å². The van der Waals surface area contributed by atoms with Crippen LogP contribution in [0.15, 0.2) is 24.3 Å². The Balaban J connectivity index is 5.24. The maximum atomic E-state index is 13.1. The SMILES string of the molecule is CCCCCC/C=C\C=C/CCCCCCCC(=O)O[C@H](COC(=O)CCCCCCCCC(C)C)COP(=O)(O)OC[C@H](O)COP(=O)(O)OC[C@@H](COC(=O)CCCCCCCCCCCCCCCCCCCCC(C)C)OC(=O)CCCCCCCCCCCCCCCCCC(C)C. The Morgan fingerprint density at radius 3 is 0.786 bits per heavy atom. The highest BCUT2D eigenvalue weighted by molar-refractivity contribution is 7.47. The zero-order valence-electron chi connectivity index (χ0n) is 67.3. The normalized spacial score (nSPS) is 14.1. The molecule has 17 nitrogen and oxygen atoms in total. The largest absolute Gasteiger partial charge is 0.472 e. The number of unbranched alkanes of at least 4 members (excludes halogenated alkanes) is 45. The lowest BCUT2D eigenvalue weighted by Crippen LogP contribution is -2.30. The zero-order valence-corrected chi connectivity index (χ0v) is 69.1. The first kappa shape index (κ1) is 101. The van der Waals surface area contributed by atoms with Crippen LogP contribution in [0.3, 0.4) is 0 Å². The van der Waals surface area contributed by atoms with E-state index in [1.165, 1.54) is 205 Å². The average molecular weight is 1500 g/mol. The van der Waals surface area contributed by atoms with Gasteiger partial charge in [0.25, 0.3) is 0 Å². The molecular weight excluding hydrogens is 1340 g/mol. The van der Waals surface area contributed by atoms with Crippen LogP contribution in [0.25, 0.3) is 0 Å². The first-order valence-electron chi connectivity index (χ1n) is 42.7. The van der Waals surface area contributed by atoms with Crippen molar-refractivity contribution in [1.82, 2.24) is 0 Å². The lowest BCUT2D eigenvalue weighted by Gasteiger charge is -2.21. The first-order valence-corrected chi connectivity index (χ1v) is 45.7. The lowest BCUT2D eigenvalue weighted by molar-refractivity contribution is -0.161. The van der Waals surface area contributed by atoms with E-state index in [2.05, 4.69) is 72.8 Å². The van der Waals surface area contributed by atoms with E-state index in [1.807, 2.05) is 0 Å². The van der Waals surface area contributed by atoms with Crippen molar-refractivity contribution < 1.29 is 80.2 Å². The number of phosphoric ester groups is 2. The highest BCUT2D eigenvalue weighted by Crippen LogP contribution is 2.45. The summed E-state index contributed by atoms with van der Waals surface area (Å²) in [4.78, 5) is 73.0. The molecule has 0 saturated carbocycles. The number of hydrogen-bond acceptors (Lipinski definition) is 15. The fourth-order valence-electron chi connectivity index (χ4n) is 12.5. The predicted molar refractivity (Wildman–Crippen MR) is 423 cm³/mol. The second-order valence-electron chi connectivity index (χ2n) is 31.0. The molecule has 0 heterocycles. The van der Waals surface area contributed by atoms with Gasteiger partial charge in [-0.2, -0.15) is 0 Å². The van der Waals surface area contributed by atoms with E-state index in [4.69, 9.17) is 37.0 Å². The van der Waals surface area contributed by atoms with Gasteiger partial charge in [-0.25, -0.2) is 9.13 Å². The number of aliphatic hydroxyl groups excluding tert-OH is 1. The molecule has 5 atom stereocenters. The quantitative estimate of drug-likeness (QED) is 0.0169. The average Bonchev–Trinajstić information content (AvgIpc) is 0.919. The van der Waals surface area contributed by atoms with Crippen molar-refractivity contribution in [2.75, 3.05) is 39.6 Å². The van der Waals surface area contributed by atoms with Gasteiger partial charge in [0.2, 0.25) is 0 Å². The minimum atomic E-state index is -4.97. The molecule has 0 aliphatic heterocycles. The second kappa shape index (κ2) is 73.7. The molecule has 0 aliphatic rings. The van der Waals surface area contributed by atoms with Crippen molar-refractivity contribution in [3.05, 3.63) is 24.3 Å². The number of esters is 4. The monoisotopic (exact) mass is 1500 g/mol. The maximum Gasteiger partial charge on any atom is 0.472 e. The summed E-state index contributed by atoms with van der Waals surface area (Å²) < 4.78 is 68.7. The molecule has 0 aromatic rings. The molecule has 0 bridgehead atoms. The van der Waals surface area contributed by atoms with Crippen molar-refractivity contribution in [3.63, 3.8) is 0 Å². The fourth-order valence-corrected chi connectivity index (χ4v) is 14.1. The summed E-state index contributed by atoms with van der Waals surface area (Å²) >= 11 is 0. The molecule has 0 spiro atoms. The number of allylic oxidation sites excluding steroid dienone is 4. The van der Waals surface area contributed by atoms with E-state index in [0.717, 1.165) is 121 Å². The molecule has 0 radical (unpaired) electrons.